The van der Waals surface area contributed by atoms with Gasteiger partial charge in [-0.15, -0.1) is 0 Å². The van der Waals surface area contributed by atoms with Crippen LogP contribution in [0.5, 0.6) is 0 Å². The molecule has 0 spiro atoms. The second-order valence-electron chi connectivity index (χ2n) is 14.0. The van der Waals surface area contributed by atoms with E-state index >= 15 is 0 Å². The number of para-hydroxylation sites is 1. The number of anilines is 3. The van der Waals surface area contributed by atoms with Gasteiger partial charge < -0.3 is 13.7 Å². The predicted octanol–water partition coefficient (Wildman–Crippen LogP) is 13.8. The summed E-state index contributed by atoms with van der Waals surface area (Å²) in [4.78, 5) is 17.2. The van der Waals surface area contributed by atoms with Crippen molar-refractivity contribution in [2.75, 3.05) is 4.90 Å². The minimum Gasteiger partial charge on any atom is -0.456 e. The van der Waals surface area contributed by atoms with Gasteiger partial charge in [0.1, 0.15) is 22.3 Å². The minimum atomic E-state index is 0.584. The molecule has 11 aromatic rings. The van der Waals surface area contributed by atoms with E-state index in [-0.39, 0.29) is 0 Å². The zero-order valence-corrected chi connectivity index (χ0v) is 30.6. The van der Waals surface area contributed by atoms with E-state index in [4.69, 9.17) is 23.8 Å². The van der Waals surface area contributed by atoms with E-state index in [1.165, 1.54) is 0 Å². The SMILES string of the molecule is c1ccc(-c2nc(-c3ccccc3)nc(-c3cccc4oc5cc(N(c6ccccc6)c6ccc7c(c6)oc6cccc(-c8ccccc8)c67)ccc5c34)n2)cc1. The van der Waals surface area contributed by atoms with Crippen molar-refractivity contribution in [2.24, 2.45) is 0 Å². The molecule has 0 saturated carbocycles. The van der Waals surface area contributed by atoms with Gasteiger partial charge in [0.05, 0.1) is 0 Å². The van der Waals surface area contributed by atoms with Crippen LogP contribution in [0.3, 0.4) is 0 Å². The van der Waals surface area contributed by atoms with Crippen LogP contribution in [-0.4, -0.2) is 15.0 Å². The molecule has 0 amide bonds. The maximum atomic E-state index is 6.66. The molecule has 11 rings (SSSR count). The highest BCUT2D eigenvalue weighted by Gasteiger charge is 2.21. The summed E-state index contributed by atoms with van der Waals surface area (Å²) in [7, 11) is 0. The smallest absolute Gasteiger partial charge is 0.164 e. The van der Waals surface area contributed by atoms with Gasteiger partial charge in [0, 0.05) is 67.4 Å². The molecule has 0 radical (unpaired) electrons. The van der Waals surface area contributed by atoms with Crippen molar-refractivity contribution in [3.63, 3.8) is 0 Å². The third kappa shape index (κ3) is 5.70. The van der Waals surface area contributed by atoms with Crippen LogP contribution in [0.15, 0.2) is 203 Å². The summed E-state index contributed by atoms with van der Waals surface area (Å²) in [6.45, 7) is 0. The number of rotatable bonds is 7. The molecule has 57 heavy (non-hydrogen) atoms. The largest absolute Gasteiger partial charge is 0.456 e. The Hall–Kier alpha value is -7.83. The Morgan fingerprint density at radius 2 is 0.754 bits per heavy atom. The molecular formula is C51H32N4O2. The van der Waals surface area contributed by atoms with Crippen LogP contribution in [0.4, 0.5) is 17.1 Å². The van der Waals surface area contributed by atoms with Gasteiger partial charge in [-0.25, -0.2) is 15.0 Å². The number of nitrogens with zero attached hydrogens (tertiary/aromatic N) is 4. The van der Waals surface area contributed by atoms with Gasteiger partial charge >= 0.3 is 0 Å². The number of hydrogen-bond acceptors (Lipinski definition) is 6. The summed E-state index contributed by atoms with van der Waals surface area (Å²) in [6, 6.07) is 66.1. The van der Waals surface area contributed by atoms with E-state index in [0.29, 0.717) is 17.5 Å². The van der Waals surface area contributed by atoms with Gasteiger partial charge in [-0.05, 0) is 59.7 Å². The van der Waals surface area contributed by atoms with Crippen molar-refractivity contribution in [1.29, 1.82) is 0 Å². The number of aromatic nitrogens is 3. The van der Waals surface area contributed by atoms with E-state index in [2.05, 4.69) is 108 Å². The maximum absolute atomic E-state index is 6.66. The van der Waals surface area contributed by atoms with Crippen LogP contribution < -0.4 is 4.90 Å². The lowest BCUT2D eigenvalue weighted by atomic mass is 9.99. The standard InChI is InChI=1S/C51H32N4O2/c1-5-15-33(16-6-1)39-23-13-25-43-47(39)40-29-27-37(31-45(40)56-43)55(36-21-11-4-12-22-36)38-28-30-41-46(32-38)57-44-26-14-24-42(48(41)44)51-53-49(34-17-7-2-8-18-34)52-50(54-51)35-19-9-3-10-20-35/h1-32H. The van der Waals surface area contributed by atoms with Gasteiger partial charge in [-0.3, -0.25) is 0 Å². The van der Waals surface area contributed by atoms with Crippen LogP contribution in [-0.2, 0) is 0 Å². The van der Waals surface area contributed by atoms with Crippen LogP contribution in [0, 0.1) is 0 Å². The molecule has 0 fully saturated rings. The maximum Gasteiger partial charge on any atom is 0.164 e. The van der Waals surface area contributed by atoms with Crippen molar-refractivity contribution in [2.45, 2.75) is 0 Å². The molecule has 0 bridgehead atoms. The van der Waals surface area contributed by atoms with Crippen molar-refractivity contribution in [3.05, 3.63) is 194 Å². The zero-order valence-electron chi connectivity index (χ0n) is 30.6. The fourth-order valence-electron chi connectivity index (χ4n) is 7.91. The highest BCUT2D eigenvalue weighted by atomic mass is 16.3. The van der Waals surface area contributed by atoms with Gasteiger partial charge in [0.15, 0.2) is 17.5 Å². The van der Waals surface area contributed by atoms with Gasteiger partial charge in [0.25, 0.3) is 0 Å². The van der Waals surface area contributed by atoms with E-state index in [1.54, 1.807) is 0 Å². The predicted molar refractivity (Wildman–Crippen MR) is 231 cm³/mol. The molecule has 3 aromatic heterocycles. The average molecular weight is 733 g/mol. The zero-order chi connectivity index (χ0) is 37.7. The first-order chi connectivity index (χ1) is 28.2. The summed E-state index contributed by atoms with van der Waals surface area (Å²) in [6.07, 6.45) is 0. The van der Waals surface area contributed by atoms with Crippen molar-refractivity contribution in [1.82, 2.24) is 15.0 Å². The Kier molecular flexibility index (Phi) is 7.71. The monoisotopic (exact) mass is 732 g/mol. The molecule has 0 aliphatic rings. The van der Waals surface area contributed by atoms with E-state index in [9.17, 15) is 0 Å². The fraction of sp³-hybridized carbons (Fsp3) is 0. The molecule has 6 nitrogen and oxygen atoms in total. The van der Waals surface area contributed by atoms with Crippen LogP contribution in [0.25, 0.3) is 89.2 Å². The van der Waals surface area contributed by atoms with E-state index < -0.39 is 0 Å². The Morgan fingerprint density at radius 1 is 0.316 bits per heavy atom. The third-order valence-corrected chi connectivity index (χ3v) is 10.5. The molecule has 6 heteroatoms. The van der Waals surface area contributed by atoms with Crippen LogP contribution in [0.1, 0.15) is 0 Å². The van der Waals surface area contributed by atoms with Gasteiger partial charge in [0.2, 0.25) is 0 Å². The minimum absolute atomic E-state index is 0.584. The third-order valence-electron chi connectivity index (χ3n) is 10.5. The summed E-state index contributed by atoms with van der Waals surface area (Å²) in [5.74, 6) is 1.81. The molecule has 0 N–H and O–H groups in total. The first kappa shape index (κ1) is 32.6. The molecular weight excluding hydrogens is 701 g/mol. The lowest BCUT2D eigenvalue weighted by Gasteiger charge is -2.25. The lowest BCUT2D eigenvalue weighted by molar-refractivity contribution is 0.669. The summed E-state index contributed by atoms with van der Waals surface area (Å²) >= 11 is 0. The normalized spacial score (nSPS) is 11.5. The van der Waals surface area contributed by atoms with Crippen molar-refractivity contribution >= 4 is 60.9 Å². The second kappa shape index (κ2) is 13.5. The molecule has 0 unspecified atom stereocenters. The topological polar surface area (TPSA) is 68.2 Å². The summed E-state index contributed by atoms with van der Waals surface area (Å²) in [5.41, 5.74) is 11.2. The molecule has 268 valence electrons. The van der Waals surface area contributed by atoms with Crippen LogP contribution >= 0.6 is 0 Å². The first-order valence-corrected chi connectivity index (χ1v) is 18.9. The Bertz CT molecular complexity index is 3170. The lowest BCUT2D eigenvalue weighted by Crippen LogP contribution is -2.09. The second-order valence-corrected chi connectivity index (χ2v) is 14.0. The van der Waals surface area contributed by atoms with Crippen LogP contribution in [0.2, 0.25) is 0 Å². The molecule has 8 aromatic carbocycles. The highest BCUT2D eigenvalue weighted by Crippen LogP contribution is 2.43. The first-order valence-electron chi connectivity index (χ1n) is 18.9. The fourth-order valence-corrected chi connectivity index (χ4v) is 7.91. The molecule has 0 saturated heterocycles. The Labute approximate surface area is 328 Å². The average Bonchev–Trinajstić information content (AvgIpc) is 3.85. The van der Waals surface area contributed by atoms with Gasteiger partial charge in [-0.1, -0.05) is 133 Å². The Morgan fingerprint density at radius 3 is 1.28 bits per heavy atom. The van der Waals surface area contributed by atoms with Crippen molar-refractivity contribution < 1.29 is 8.83 Å². The Balaban J connectivity index is 1.06. The van der Waals surface area contributed by atoms with Crippen molar-refractivity contribution in [3.8, 4) is 45.3 Å². The summed E-state index contributed by atoms with van der Waals surface area (Å²) in [5, 5.41) is 4.11. The number of hydrogen-bond donors (Lipinski definition) is 0. The van der Waals surface area contributed by atoms with E-state index in [1.807, 2.05) is 91.0 Å². The number of furan rings is 2. The quantitative estimate of drug-likeness (QED) is 0.162. The number of benzene rings is 8. The molecule has 0 aliphatic carbocycles. The highest BCUT2D eigenvalue weighted by molar-refractivity contribution is 6.14. The molecule has 0 atom stereocenters. The molecule has 3 heterocycles. The molecule has 0 aliphatic heterocycles. The van der Waals surface area contributed by atoms with Gasteiger partial charge in [-0.2, -0.15) is 0 Å². The van der Waals surface area contributed by atoms with E-state index in [0.717, 1.165) is 88.8 Å². The summed E-state index contributed by atoms with van der Waals surface area (Å²) < 4.78 is 13.2. The number of fused-ring (bicyclic) bond motifs is 6.